The van der Waals surface area contributed by atoms with Crippen LogP contribution in [0.1, 0.15) is 27.2 Å². The Morgan fingerprint density at radius 2 is 2.30 bits per heavy atom. The molecule has 0 saturated carbocycles. The molecular weight excluding hydrogens is 258 g/mol. The Labute approximate surface area is 116 Å². The minimum atomic E-state index is -0.966. The number of methoxy groups -OCH3 is 1. The monoisotopic (exact) mass is 273 g/mol. The summed E-state index contributed by atoms with van der Waals surface area (Å²) >= 11 is 0. The first kappa shape index (κ1) is 12.7. The zero-order chi connectivity index (χ0) is 14.1. The third kappa shape index (κ3) is 2.28. The summed E-state index contributed by atoms with van der Waals surface area (Å²) < 4.78 is 10.7. The zero-order valence-electron chi connectivity index (χ0n) is 11.1. The van der Waals surface area contributed by atoms with E-state index in [9.17, 15) is 4.79 Å². The van der Waals surface area contributed by atoms with Crippen LogP contribution in [-0.4, -0.2) is 23.1 Å². The molecule has 1 aromatic carbocycles. The average Bonchev–Trinajstić information content (AvgIpc) is 3.04. The summed E-state index contributed by atoms with van der Waals surface area (Å²) in [4.78, 5) is 13.0. The molecule has 3 rings (SSSR count). The number of furan rings is 1. The molecule has 0 saturated heterocycles. The zero-order valence-corrected chi connectivity index (χ0v) is 11.1. The Kier molecular flexibility index (Phi) is 3.20. The topological polar surface area (TPSA) is 62.9 Å². The lowest BCUT2D eigenvalue weighted by molar-refractivity contribution is 0.0696. The fourth-order valence-corrected chi connectivity index (χ4v) is 2.56. The standard InChI is InChI=1S/C15H15NO4/c1-19-14-4-2-3-10-6-16(8-13(10)14)7-12-5-11(9-20-12)15(17)18/h2-5,9H,6-8H2,1H3,(H,17,18). The molecule has 0 amide bonds. The molecule has 0 aliphatic carbocycles. The molecule has 5 heteroatoms. The molecule has 2 aromatic rings. The molecule has 1 aliphatic rings. The molecule has 2 heterocycles. The third-order valence-corrected chi connectivity index (χ3v) is 3.51. The number of aromatic carboxylic acids is 1. The summed E-state index contributed by atoms with van der Waals surface area (Å²) in [5.41, 5.74) is 2.63. The van der Waals surface area contributed by atoms with Gasteiger partial charge in [-0.05, 0) is 17.7 Å². The fraction of sp³-hybridized carbons (Fsp3) is 0.267. The van der Waals surface area contributed by atoms with E-state index in [0.717, 1.165) is 18.8 Å². The molecule has 0 bridgehead atoms. The van der Waals surface area contributed by atoms with Crippen LogP contribution in [-0.2, 0) is 19.6 Å². The molecule has 1 N–H and O–H groups in total. The van der Waals surface area contributed by atoms with Gasteiger partial charge in [0, 0.05) is 18.7 Å². The summed E-state index contributed by atoms with van der Waals surface area (Å²) in [7, 11) is 1.67. The van der Waals surface area contributed by atoms with Gasteiger partial charge in [-0.2, -0.15) is 0 Å². The SMILES string of the molecule is COc1cccc2c1CN(Cc1cc(C(=O)O)co1)C2. The van der Waals surface area contributed by atoms with Crippen molar-refractivity contribution in [2.75, 3.05) is 7.11 Å². The molecule has 104 valence electrons. The maximum atomic E-state index is 10.8. The van der Waals surface area contributed by atoms with Crippen LogP contribution in [0.15, 0.2) is 34.9 Å². The van der Waals surface area contributed by atoms with E-state index in [-0.39, 0.29) is 5.56 Å². The lowest BCUT2D eigenvalue weighted by Crippen LogP contribution is -2.15. The van der Waals surface area contributed by atoms with E-state index in [4.69, 9.17) is 14.3 Å². The molecular formula is C15H15NO4. The van der Waals surface area contributed by atoms with Gasteiger partial charge in [-0.3, -0.25) is 4.90 Å². The number of hydrogen-bond acceptors (Lipinski definition) is 4. The smallest absolute Gasteiger partial charge is 0.338 e. The fourth-order valence-electron chi connectivity index (χ4n) is 2.56. The van der Waals surface area contributed by atoms with Crippen molar-refractivity contribution in [3.8, 4) is 5.75 Å². The predicted molar refractivity (Wildman–Crippen MR) is 71.6 cm³/mol. The van der Waals surface area contributed by atoms with Gasteiger partial charge in [0.05, 0.1) is 19.2 Å². The van der Waals surface area contributed by atoms with Crippen LogP contribution in [0.3, 0.4) is 0 Å². The van der Waals surface area contributed by atoms with E-state index >= 15 is 0 Å². The Balaban J connectivity index is 1.73. The lowest BCUT2D eigenvalue weighted by atomic mass is 10.1. The van der Waals surface area contributed by atoms with Gasteiger partial charge in [0.2, 0.25) is 0 Å². The number of carboxylic acids is 1. The highest BCUT2D eigenvalue weighted by molar-refractivity contribution is 5.87. The molecule has 5 nitrogen and oxygen atoms in total. The number of rotatable bonds is 4. The van der Waals surface area contributed by atoms with Crippen molar-refractivity contribution in [1.29, 1.82) is 0 Å². The maximum Gasteiger partial charge on any atom is 0.338 e. The van der Waals surface area contributed by atoms with Crippen LogP contribution < -0.4 is 4.74 Å². The van der Waals surface area contributed by atoms with Gasteiger partial charge in [-0.1, -0.05) is 12.1 Å². The van der Waals surface area contributed by atoms with Crippen molar-refractivity contribution in [1.82, 2.24) is 4.90 Å². The summed E-state index contributed by atoms with van der Waals surface area (Å²) in [5.74, 6) is 0.594. The van der Waals surface area contributed by atoms with Gasteiger partial charge in [0.1, 0.15) is 17.8 Å². The second-order valence-corrected chi connectivity index (χ2v) is 4.85. The summed E-state index contributed by atoms with van der Waals surface area (Å²) in [5, 5.41) is 8.88. The number of nitrogens with zero attached hydrogens (tertiary/aromatic N) is 1. The maximum absolute atomic E-state index is 10.8. The van der Waals surface area contributed by atoms with Crippen molar-refractivity contribution in [2.45, 2.75) is 19.6 Å². The molecule has 1 aliphatic heterocycles. The Morgan fingerprint density at radius 3 is 3.00 bits per heavy atom. The van der Waals surface area contributed by atoms with E-state index in [2.05, 4.69) is 11.0 Å². The Hall–Kier alpha value is -2.27. The third-order valence-electron chi connectivity index (χ3n) is 3.51. The largest absolute Gasteiger partial charge is 0.496 e. The van der Waals surface area contributed by atoms with Gasteiger partial charge in [0.15, 0.2) is 0 Å². The van der Waals surface area contributed by atoms with Gasteiger partial charge in [0.25, 0.3) is 0 Å². The van der Waals surface area contributed by atoms with Crippen molar-refractivity contribution < 1.29 is 19.1 Å². The van der Waals surface area contributed by atoms with Gasteiger partial charge < -0.3 is 14.3 Å². The number of ether oxygens (including phenoxy) is 1. The summed E-state index contributed by atoms with van der Waals surface area (Å²) in [6.07, 6.45) is 1.28. The van der Waals surface area contributed by atoms with E-state index in [0.29, 0.717) is 12.3 Å². The highest BCUT2D eigenvalue weighted by atomic mass is 16.5. The van der Waals surface area contributed by atoms with Crippen LogP contribution >= 0.6 is 0 Å². The number of carbonyl (C=O) groups is 1. The van der Waals surface area contributed by atoms with E-state index < -0.39 is 5.97 Å². The van der Waals surface area contributed by atoms with Crippen LogP contribution in [0.4, 0.5) is 0 Å². The van der Waals surface area contributed by atoms with E-state index in [1.807, 2.05) is 12.1 Å². The van der Waals surface area contributed by atoms with E-state index in [1.165, 1.54) is 17.4 Å². The molecule has 20 heavy (non-hydrogen) atoms. The van der Waals surface area contributed by atoms with Gasteiger partial charge >= 0.3 is 5.97 Å². The average molecular weight is 273 g/mol. The van der Waals surface area contributed by atoms with Crippen LogP contribution in [0.5, 0.6) is 5.75 Å². The normalized spacial score (nSPS) is 14.2. The second kappa shape index (κ2) is 5.02. The molecule has 0 unspecified atom stereocenters. The van der Waals surface area contributed by atoms with Crippen molar-refractivity contribution >= 4 is 5.97 Å². The first-order valence-electron chi connectivity index (χ1n) is 6.35. The van der Waals surface area contributed by atoms with Gasteiger partial charge in [-0.15, -0.1) is 0 Å². The highest BCUT2D eigenvalue weighted by Gasteiger charge is 2.23. The summed E-state index contributed by atoms with van der Waals surface area (Å²) in [6, 6.07) is 7.60. The highest BCUT2D eigenvalue weighted by Crippen LogP contribution is 2.31. The quantitative estimate of drug-likeness (QED) is 0.927. The van der Waals surface area contributed by atoms with Crippen LogP contribution in [0, 0.1) is 0 Å². The van der Waals surface area contributed by atoms with Gasteiger partial charge in [-0.25, -0.2) is 4.79 Å². The number of benzene rings is 1. The second-order valence-electron chi connectivity index (χ2n) is 4.85. The first-order chi connectivity index (χ1) is 9.67. The minimum absolute atomic E-state index is 0.189. The molecule has 0 fully saturated rings. The minimum Gasteiger partial charge on any atom is -0.496 e. The van der Waals surface area contributed by atoms with Crippen LogP contribution in [0.25, 0.3) is 0 Å². The van der Waals surface area contributed by atoms with Crippen LogP contribution in [0.2, 0.25) is 0 Å². The van der Waals surface area contributed by atoms with Crippen molar-refractivity contribution in [2.24, 2.45) is 0 Å². The predicted octanol–water partition coefficient (Wildman–Crippen LogP) is 2.50. The Bertz CT molecular complexity index is 647. The van der Waals surface area contributed by atoms with Crippen molar-refractivity contribution in [3.63, 3.8) is 0 Å². The van der Waals surface area contributed by atoms with E-state index in [1.54, 1.807) is 13.2 Å². The molecule has 1 aromatic heterocycles. The number of hydrogen-bond donors (Lipinski definition) is 1. The number of carboxylic acid groups (broad SMARTS) is 1. The molecule has 0 spiro atoms. The lowest BCUT2D eigenvalue weighted by Gasteiger charge is -2.12. The first-order valence-corrected chi connectivity index (χ1v) is 6.35. The summed E-state index contributed by atoms with van der Waals surface area (Å²) in [6.45, 7) is 2.18. The van der Waals surface area contributed by atoms with Crippen molar-refractivity contribution in [3.05, 3.63) is 53.0 Å². The Morgan fingerprint density at radius 1 is 1.45 bits per heavy atom. The number of fused-ring (bicyclic) bond motifs is 1. The molecule has 0 atom stereocenters. The molecule has 0 radical (unpaired) electrons.